The van der Waals surface area contributed by atoms with Crippen molar-refractivity contribution in [3.8, 4) is 6.07 Å². The van der Waals surface area contributed by atoms with Gasteiger partial charge in [-0.1, -0.05) is 24.3 Å². The van der Waals surface area contributed by atoms with E-state index < -0.39 is 6.10 Å². The summed E-state index contributed by atoms with van der Waals surface area (Å²) in [7, 11) is 1.92. The largest absolute Gasteiger partial charge is 0.389 e. The van der Waals surface area contributed by atoms with E-state index in [0.717, 1.165) is 16.9 Å². The standard InChI is InChI=1S/C16H16N2O/c1-12(19)13-7-9-15(10-8-13)18(2)16-6-4-3-5-14(16)11-17/h3-10,12,19H,1-2H3/t12-/m0/s1. The van der Waals surface area contributed by atoms with Crippen LogP contribution >= 0.6 is 0 Å². The molecule has 3 nitrogen and oxygen atoms in total. The lowest BCUT2D eigenvalue weighted by Crippen LogP contribution is -2.11. The molecule has 0 amide bonds. The summed E-state index contributed by atoms with van der Waals surface area (Å²) >= 11 is 0. The molecule has 0 radical (unpaired) electrons. The van der Waals surface area contributed by atoms with Crippen LogP contribution in [-0.2, 0) is 0 Å². The Labute approximate surface area is 113 Å². The third-order valence-electron chi connectivity index (χ3n) is 3.15. The number of benzene rings is 2. The van der Waals surface area contributed by atoms with Gasteiger partial charge >= 0.3 is 0 Å². The van der Waals surface area contributed by atoms with Crippen LogP contribution in [0, 0.1) is 11.3 Å². The number of nitriles is 1. The van der Waals surface area contributed by atoms with Crippen molar-refractivity contribution in [2.75, 3.05) is 11.9 Å². The van der Waals surface area contributed by atoms with E-state index in [0.29, 0.717) is 5.56 Å². The fourth-order valence-corrected chi connectivity index (χ4v) is 1.98. The van der Waals surface area contributed by atoms with Crippen LogP contribution in [-0.4, -0.2) is 12.2 Å². The number of anilines is 2. The summed E-state index contributed by atoms with van der Waals surface area (Å²) in [6.07, 6.45) is -0.467. The van der Waals surface area contributed by atoms with Crippen molar-refractivity contribution in [2.45, 2.75) is 13.0 Å². The zero-order chi connectivity index (χ0) is 13.8. The maximum Gasteiger partial charge on any atom is 0.101 e. The molecule has 0 fully saturated rings. The molecule has 2 aromatic rings. The Morgan fingerprint density at radius 2 is 1.74 bits per heavy atom. The van der Waals surface area contributed by atoms with Gasteiger partial charge in [0.05, 0.1) is 17.4 Å². The van der Waals surface area contributed by atoms with Gasteiger partial charge in [-0.05, 0) is 36.8 Å². The normalized spacial score (nSPS) is 11.7. The molecular weight excluding hydrogens is 236 g/mol. The van der Waals surface area contributed by atoms with Gasteiger partial charge in [0.25, 0.3) is 0 Å². The molecule has 19 heavy (non-hydrogen) atoms. The summed E-state index contributed by atoms with van der Waals surface area (Å²) in [5.74, 6) is 0. The van der Waals surface area contributed by atoms with Crippen molar-refractivity contribution in [3.05, 3.63) is 59.7 Å². The molecule has 0 heterocycles. The van der Waals surface area contributed by atoms with Crippen LogP contribution in [0.3, 0.4) is 0 Å². The fourth-order valence-electron chi connectivity index (χ4n) is 1.98. The topological polar surface area (TPSA) is 47.3 Å². The van der Waals surface area contributed by atoms with Gasteiger partial charge in [0.2, 0.25) is 0 Å². The first-order valence-electron chi connectivity index (χ1n) is 6.14. The van der Waals surface area contributed by atoms with Gasteiger partial charge in [0.1, 0.15) is 6.07 Å². The zero-order valence-corrected chi connectivity index (χ0v) is 11.0. The van der Waals surface area contributed by atoms with Crippen molar-refractivity contribution in [2.24, 2.45) is 0 Å². The van der Waals surface area contributed by atoms with Crippen LogP contribution in [0.15, 0.2) is 48.5 Å². The molecule has 96 valence electrons. The molecule has 3 heteroatoms. The van der Waals surface area contributed by atoms with E-state index in [2.05, 4.69) is 6.07 Å². The first kappa shape index (κ1) is 13.1. The van der Waals surface area contributed by atoms with Crippen molar-refractivity contribution in [1.29, 1.82) is 5.26 Å². The Morgan fingerprint density at radius 1 is 1.11 bits per heavy atom. The van der Waals surface area contributed by atoms with Crippen LogP contribution in [0.2, 0.25) is 0 Å². The Kier molecular flexibility index (Phi) is 3.84. The molecule has 2 rings (SSSR count). The zero-order valence-electron chi connectivity index (χ0n) is 11.0. The number of aliphatic hydroxyl groups is 1. The summed E-state index contributed by atoms with van der Waals surface area (Å²) in [5.41, 5.74) is 3.37. The second-order valence-corrected chi connectivity index (χ2v) is 4.46. The van der Waals surface area contributed by atoms with Gasteiger partial charge in [-0.15, -0.1) is 0 Å². The highest BCUT2D eigenvalue weighted by atomic mass is 16.3. The van der Waals surface area contributed by atoms with Gasteiger partial charge in [-0.25, -0.2) is 0 Å². The second kappa shape index (κ2) is 5.55. The number of rotatable bonds is 3. The predicted molar refractivity (Wildman–Crippen MR) is 76.3 cm³/mol. The van der Waals surface area contributed by atoms with Crippen LogP contribution in [0.1, 0.15) is 24.2 Å². The minimum absolute atomic E-state index is 0.467. The Hall–Kier alpha value is -2.31. The molecule has 2 aromatic carbocycles. The van der Waals surface area contributed by atoms with E-state index in [1.807, 2.05) is 54.4 Å². The van der Waals surface area contributed by atoms with Gasteiger partial charge in [-0.2, -0.15) is 5.26 Å². The predicted octanol–water partition coefficient (Wildman–Crippen LogP) is 3.38. The molecule has 0 aliphatic carbocycles. The van der Waals surface area contributed by atoms with Crippen LogP contribution in [0.5, 0.6) is 0 Å². The first-order chi connectivity index (χ1) is 9.13. The molecule has 0 aromatic heterocycles. The maximum atomic E-state index is 9.50. The summed E-state index contributed by atoms with van der Waals surface area (Å²) in [4.78, 5) is 1.96. The quantitative estimate of drug-likeness (QED) is 0.911. The molecule has 0 saturated heterocycles. The smallest absolute Gasteiger partial charge is 0.101 e. The van der Waals surface area contributed by atoms with E-state index in [9.17, 15) is 5.11 Å². The minimum atomic E-state index is -0.467. The minimum Gasteiger partial charge on any atom is -0.389 e. The van der Waals surface area contributed by atoms with E-state index >= 15 is 0 Å². The number of para-hydroxylation sites is 1. The molecule has 1 N–H and O–H groups in total. The lowest BCUT2D eigenvalue weighted by atomic mass is 10.1. The molecule has 0 aliphatic rings. The van der Waals surface area contributed by atoms with Crippen molar-refractivity contribution in [3.63, 3.8) is 0 Å². The highest BCUT2D eigenvalue weighted by Gasteiger charge is 2.09. The molecule has 0 spiro atoms. The van der Waals surface area contributed by atoms with Gasteiger partial charge in [0, 0.05) is 12.7 Å². The van der Waals surface area contributed by atoms with E-state index in [1.165, 1.54) is 0 Å². The monoisotopic (exact) mass is 252 g/mol. The Balaban J connectivity index is 2.34. The lowest BCUT2D eigenvalue weighted by Gasteiger charge is -2.21. The number of aliphatic hydroxyl groups excluding tert-OH is 1. The molecular formula is C16H16N2O. The number of nitrogens with zero attached hydrogens (tertiary/aromatic N) is 2. The van der Waals surface area contributed by atoms with Crippen molar-refractivity contribution in [1.82, 2.24) is 0 Å². The van der Waals surface area contributed by atoms with Gasteiger partial charge < -0.3 is 10.0 Å². The summed E-state index contributed by atoms with van der Waals surface area (Å²) < 4.78 is 0. The fraction of sp³-hybridized carbons (Fsp3) is 0.188. The molecule has 0 bridgehead atoms. The van der Waals surface area contributed by atoms with Gasteiger partial charge in [-0.3, -0.25) is 0 Å². The third-order valence-corrected chi connectivity index (χ3v) is 3.15. The number of hydrogen-bond acceptors (Lipinski definition) is 3. The summed E-state index contributed by atoms with van der Waals surface area (Å²) in [6.45, 7) is 1.74. The SMILES string of the molecule is C[C@H](O)c1ccc(N(C)c2ccccc2C#N)cc1. The average molecular weight is 252 g/mol. The molecule has 0 aliphatic heterocycles. The van der Waals surface area contributed by atoms with E-state index in [-0.39, 0.29) is 0 Å². The average Bonchev–Trinajstić information content (AvgIpc) is 2.46. The maximum absolute atomic E-state index is 9.50. The highest BCUT2D eigenvalue weighted by molar-refractivity contribution is 5.68. The lowest BCUT2D eigenvalue weighted by molar-refractivity contribution is 0.199. The van der Waals surface area contributed by atoms with E-state index in [1.54, 1.807) is 13.0 Å². The molecule has 0 unspecified atom stereocenters. The van der Waals surface area contributed by atoms with Gasteiger partial charge in [0.15, 0.2) is 0 Å². The molecule has 0 saturated carbocycles. The first-order valence-corrected chi connectivity index (χ1v) is 6.14. The van der Waals surface area contributed by atoms with Crippen LogP contribution in [0.4, 0.5) is 11.4 Å². The van der Waals surface area contributed by atoms with Crippen molar-refractivity contribution < 1.29 is 5.11 Å². The number of hydrogen-bond donors (Lipinski definition) is 1. The highest BCUT2D eigenvalue weighted by Crippen LogP contribution is 2.27. The Morgan fingerprint density at radius 3 is 2.32 bits per heavy atom. The second-order valence-electron chi connectivity index (χ2n) is 4.46. The summed E-state index contributed by atoms with van der Waals surface area (Å²) in [5, 5.41) is 18.6. The van der Waals surface area contributed by atoms with Crippen LogP contribution in [0.25, 0.3) is 0 Å². The van der Waals surface area contributed by atoms with E-state index in [4.69, 9.17) is 5.26 Å². The molecule has 1 atom stereocenters. The Bertz CT molecular complexity index is 597. The van der Waals surface area contributed by atoms with Crippen LogP contribution < -0.4 is 4.90 Å². The summed E-state index contributed by atoms with van der Waals surface area (Å²) in [6, 6.07) is 17.4. The third kappa shape index (κ3) is 2.75. The van der Waals surface area contributed by atoms with Crippen molar-refractivity contribution >= 4 is 11.4 Å².